The average Bonchev–Trinajstić information content (AvgIpc) is 2.41. The number of carbonyl (C=O) groups is 1. The van der Waals surface area contributed by atoms with Crippen LogP contribution in [-0.2, 0) is 4.79 Å². The van der Waals surface area contributed by atoms with E-state index in [4.69, 9.17) is 28.9 Å². The molecule has 5 nitrogen and oxygen atoms in total. The van der Waals surface area contributed by atoms with Crippen LogP contribution in [0.3, 0.4) is 0 Å². The smallest absolute Gasteiger partial charge is 0.244 e. The van der Waals surface area contributed by atoms with Gasteiger partial charge in [-0.15, -0.1) is 0 Å². The van der Waals surface area contributed by atoms with Crippen molar-refractivity contribution in [3.8, 4) is 11.3 Å². The molecule has 102 valence electrons. The van der Waals surface area contributed by atoms with E-state index in [9.17, 15) is 4.79 Å². The topological polar surface area (TPSA) is 81.2 Å². The molecule has 2 N–H and O–H groups in total. The summed E-state index contributed by atoms with van der Waals surface area (Å²) in [4.78, 5) is 22.7. The number of hydrogen-bond donors (Lipinski definition) is 1. The molecule has 0 saturated carbocycles. The molecule has 0 fully saturated rings. The summed E-state index contributed by atoms with van der Waals surface area (Å²) in [6.07, 6.45) is 1.34. The first-order valence-electron chi connectivity index (χ1n) is 5.60. The number of aromatic nitrogens is 2. The van der Waals surface area contributed by atoms with Gasteiger partial charge in [0.05, 0.1) is 15.7 Å². The molecule has 1 aromatic carbocycles. The molecular weight excluding hydrogens is 299 g/mol. The normalized spacial score (nSPS) is 11.4. The Morgan fingerprint density at radius 1 is 1.20 bits per heavy atom. The van der Waals surface area contributed by atoms with E-state index in [1.54, 1.807) is 24.3 Å². The van der Waals surface area contributed by atoms with E-state index in [-0.39, 0.29) is 5.84 Å². The number of rotatable bonds is 2. The van der Waals surface area contributed by atoms with Crippen molar-refractivity contribution in [3.63, 3.8) is 0 Å². The number of amidine groups is 1. The van der Waals surface area contributed by atoms with Crippen molar-refractivity contribution in [3.05, 3.63) is 46.3 Å². The molecule has 0 aliphatic rings. The number of nitrogens with zero attached hydrogens (tertiary/aromatic N) is 3. The van der Waals surface area contributed by atoms with E-state index in [1.165, 1.54) is 13.3 Å². The number of carbonyl (C=O) groups excluding carboxylic acids is 1. The minimum atomic E-state index is -0.391. The standard InChI is InChI=1S/C13H10Cl2N4O/c1-7(20)19-13(16)12-5-11(17-6-18-12)8-2-3-9(14)10(15)4-8/h2-6H,1H3,(H2,16,19,20). The Morgan fingerprint density at radius 2 is 1.95 bits per heavy atom. The molecule has 0 unspecified atom stereocenters. The van der Waals surface area contributed by atoms with Gasteiger partial charge in [-0.3, -0.25) is 4.79 Å². The summed E-state index contributed by atoms with van der Waals surface area (Å²) in [6.45, 7) is 1.31. The summed E-state index contributed by atoms with van der Waals surface area (Å²) in [6, 6.07) is 6.77. The molecule has 2 aromatic rings. The molecule has 2 rings (SSSR count). The largest absolute Gasteiger partial charge is 0.382 e. The molecule has 0 radical (unpaired) electrons. The highest BCUT2D eigenvalue weighted by Crippen LogP contribution is 2.27. The van der Waals surface area contributed by atoms with E-state index in [0.29, 0.717) is 21.4 Å². The molecule has 0 aliphatic carbocycles. The first-order valence-corrected chi connectivity index (χ1v) is 6.35. The van der Waals surface area contributed by atoms with Crippen LogP contribution in [0.2, 0.25) is 10.0 Å². The first kappa shape index (κ1) is 14.4. The maximum atomic E-state index is 10.9. The van der Waals surface area contributed by atoms with Gasteiger partial charge < -0.3 is 5.73 Å². The van der Waals surface area contributed by atoms with Gasteiger partial charge in [0.2, 0.25) is 5.91 Å². The highest BCUT2D eigenvalue weighted by Gasteiger charge is 2.07. The fourth-order valence-corrected chi connectivity index (χ4v) is 1.84. The second-order valence-electron chi connectivity index (χ2n) is 3.93. The van der Waals surface area contributed by atoms with Gasteiger partial charge in [-0.05, 0) is 18.2 Å². The third-order valence-corrected chi connectivity index (χ3v) is 3.16. The number of hydrogen-bond acceptors (Lipinski definition) is 3. The van der Waals surface area contributed by atoms with Gasteiger partial charge in [0, 0.05) is 12.5 Å². The zero-order valence-corrected chi connectivity index (χ0v) is 12.0. The maximum Gasteiger partial charge on any atom is 0.244 e. The summed E-state index contributed by atoms with van der Waals surface area (Å²) in [5, 5.41) is 0.886. The van der Waals surface area contributed by atoms with Gasteiger partial charge in [0.25, 0.3) is 0 Å². The van der Waals surface area contributed by atoms with Gasteiger partial charge in [0.15, 0.2) is 5.84 Å². The van der Waals surface area contributed by atoms with Gasteiger partial charge in [0.1, 0.15) is 12.0 Å². The minimum Gasteiger partial charge on any atom is -0.382 e. The lowest BCUT2D eigenvalue weighted by Crippen LogP contribution is -2.17. The zero-order valence-electron chi connectivity index (χ0n) is 10.5. The summed E-state index contributed by atoms with van der Waals surface area (Å²) < 4.78 is 0. The lowest BCUT2D eigenvalue weighted by atomic mass is 10.1. The summed E-state index contributed by atoms with van der Waals surface area (Å²) in [7, 11) is 0. The van der Waals surface area contributed by atoms with Crippen LogP contribution in [0.5, 0.6) is 0 Å². The van der Waals surface area contributed by atoms with Crippen molar-refractivity contribution in [1.29, 1.82) is 0 Å². The van der Waals surface area contributed by atoms with E-state index in [2.05, 4.69) is 15.0 Å². The van der Waals surface area contributed by atoms with Gasteiger partial charge >= 0.3 is 0 Å². The molecule has 1 amide bonds. The quantitative estimate of drug-likeness (QED) is 0.683. The predicted octanol–water partition coefficient (Wildman–Crippen LogP) is 2.70. The molecule has 0 spiro atoms. The second-order valence-corrected chi connectivity index (χ2v) is 4.75. The van der Waals surface area contributed by atoms with E-state index < -0.39 is 5.91 Å². The Morgan fingerprint density at radius 3 is 2.60 bits per heavy atom. The van der Waals surface area contributed by atoms with E-state index in [0.717, 1.165) is 5.56 Å². The third kappa shape index (κ3) is 3.31. The Hall–Kier alpha value is -1.98. The molecular formula is C13H10Cl2N4O. The number of benzene rings is 1. The summed E-state index contributed by atoms with van der Waals surface area (Å²) in [5.41, 5.74) is 7.43. The van der Waals surface area contributed by atoms with Crippen LogP contribution in [0.25, 0.3) is 11.3 Å². The molecule has 20 heavy (non-hydrogen) atoms. The monoisotopic (exact) mass is 308 g/mol. The van der Waals surface area contributed by atoms with Gasteiger partial charge in [-0.25, -0.2) is 9.97 Å². The van der Waals surface area contributed by atoms with Crippen molar-refractivity contribution >= 4 is 34.9 Å². The average molecular weight is 309 g/mol. The third-order valence-electron chi connectivity index (χ3n) is 2.42. The number of aliphatic imine (C=N–C) groups is 1. The Balaban J connectivity index is 2.44. The number of amides is 1. The molecule has 1 heterocycles. The second kappa shape index (κ2) is 5.98. The predicted molar refractivity (Wildman–Crippen MR) is 78.9 cm³/mol. The van der Waals surface area contributed by atoms with Crippen LogP contribution in [0.15, 0.2) is 35.6 Å². The van der Waals surface area contributed by atoms with Crippen LogP contribution in [-0.4, -0.2) is 21.7 Å². The van der Waals surface area contributed by atoms with Crippen molar-refractivity contribution in [2.75, 3.05) is 0 Å². The Kier molecular flexibility index (Phi) is 4.32. The van der Waals surface area contributed by atoms with E-state index in [1.807, 2.05) is 0 Å². The van der Waals surface area contributed by atoms with Gasteiger partial charge in [-0.2, -0.15) is 4.99 Å². The molecule has 7 heteroatoms. The molecule has 1 aromatic heterocycles. The van der Waals surface area contributed by atoms with Gasteiger partial charge in [-0.1, -0.05) is 29.3 Å². The van der Waals surface area contributed by atoms with Crippen LogP contribution in [0, 0.1) is 0 Å². The Bertz CT molecular complexity index is 701. The first-order chi connectivity index (χ1) is 9.47. The minimum absolute atomic E-state index is 0.0428. The van der Waals surface area contributed by atoms with Crippen LogP contribution in [0.4, 0.5) is 0 Å². The highest BCUT2D eigenvalue weighted by atomic mass is 35.5. The van der Waals surface area contributed by atoms with E-state index >= 15 is 0 Å². The van der Waals surface area contributed by atoms with Crippen molar-refractivity contribution in [2.24, 2.45) is 10.7 Å². The van der Waals surface area contributed by atoms with Crippen molar-refractivity contribution in [2.45, 2.75) is 6.92 Å². The van der Waals surface area contributed by atoms with Crippen LogP contribution >= 0.6 is 23.2 Å². The SMILES string of the molecule is CC(=O)N=C(N)c1cc(-c2ccc(Cl)c(Cl)c2)ncn1. The van der Waals surface area contributed by atoms with Crippen molar-refractivity contribution < 1.29 is 4.79 Å². The molecule has 0 saturated heterocycles. The number of nitrogens with two attached hydrogens (primary N) is 1. The zero-order chi connectivity index (χ0) is 14.7. The highest BCUT2D eigenvalue weighted by molar-refractivity contribution is 6.42. The lowest BCUT2D eigenvalue weighted by Gasteiger charge is -2.04. The van der Waals surface area contributed by atoms with Crippen LogP contribution < -0.4 is 5.73 Å². The number of halogens is 2. The maximum absolute atomic E-state index is 10.9. The fourth-order valence-electron chi connectivity index (χ4n) is 1.54. The summed E-state index contributed by atoms with van der Waals surface area (Å²) in [5.74, 6) is -0.349. The Labute approximate surface area is 125 Å². The molecule has 0 aliphatic heterocycles. The van der Waals surface area contributed by atoms with Crippen molar-refractivity contribution in [1.82, 2.24) is 9.97 Å². The fraction of sp³-hybridized carbons (Fsp3) is 0.0769. The lowest BCUT2D eigenvalue weighted by molar-refractivity contribution is -0.115. The molecule has 0 atom stereocenters. The summed E-state index contributed by atoms with van der Waals surface area (Å²) >= 11 is 11.8. The molecule has 0 bridgehead atoms. The van der Waals surface area contributed by atoms with Crippen LogP contribution in [0.1, 0.15) is 12.6 Å².